The van der Waals surface area contributed by atoms with E-state index in [1.807, 2.05) is 11.1 Å². The Labute approximate surface area is 511 Å². The third-order valence-electron chi connectivity index (χ3n) is 13.9. The highest BCUT2D eigenvalue weighted by molar-refractivity contribution is 7.44. The second kappa shape index (κ2) is 36.5. The number of rotatable bonds is 39. The van der Waals surface area contributed by atoms with Crippen LogP contribution in [0.5, 0.6) is 0 Å². The maximum absolute atomic E-state index is 13.9. The van der Waals surface area contributed by atoms with Gasteiger partial charge in [0.15, 0.2) is 11.2 Å². The molecule has 0 spiro atoms. The minimum atomic E-state index is -5.34. The van der Waals surface area contributed by atoms with Crippen LogP contribution in [0.15, 0.2) is 41.5 Å². The fourth-order valence-corrected chi connectivity index (χ4v) is 11.1. The van der Waals surface area contributed by atoms with Crippen LogP contribution in [0.4, 0.5) is 24.8 Å². The maximum atomic E-state index is 13.9. The number of carbonyl (C=O) groups excluding carboxylic acids is 6. The Balaban J connectivity index is 0.916. The molecule has 5 rings (SSSR count). The largest absolute Gasteiger partial charge is 0.471 e. The molecule has 1 aromatic carbocycles. The van der Waals surface area contributed by atoms with E-state index in [9.17, 15) is 46.7 Å². The van der Waals surface area contributed by atoms with Gasteiger partial charge in [0.1, 0.15) is 11.8 Å². The van der Waals surface area contributed by atoms with Crippen molar-refractivity contribution in [2.24, 2.45) is 5.92 Å². The van der Waals surface area contributed by atoms with Crippen LogP contribution in [0.25, 0.3) is 11.2 Å². The molecule has 0 saturated carbocycles. The van der Waals surface area contributed by atoms with E-state index in [1.54, 1.807) is 18.5 Å². The van der Waals surface area contributed by atoms with Crippen molar-refractivity contribution in [1.29, 1.82) is 5.26 Å². The standard InChI is InChI=1S/C58H83F3N13O13P/c1-9-44-33-47(87-88(86-28-13-24-62)74(39(4)5)40(6)7)37-72(44)49(76)17-12-15-42-35-71(70-69-42)25-14-27-84-30-32-85-31-29-83-26-11-10-16-46(75)22-23-48(55(80)82-8)65-53(78)41-18-20-45(21-19-41)73(56(81)58(59,60)61)36-43-34-63-51-50(64-43)54(79)68-57(66-51)67-52(77)38(2)3/h18-21,34-35,38-40,44,47-48H,9-17,22-23,25-33,36-37H2,1-8H3,(H,65,78)(H2,63,66,67,68,77,79)/t44?,47-,48+,88?/m1/s1. The number of hydrogen-bond donors (Lipinski definition) is 3. The van der Waals surface area contributed by atoms with Crippen LogP contribution in [0.3, 0.4) is 0 Å². The zero-order valence-corrected chi connectivity index (χ0v) is 52.2. The van der Waals surface area contributed by atoms with Crippen LogP contribution < -0.4 is 21.1 Å². The van der Waals surface area contributed by atoms with Crippen molar-refractivity contribution in [3.8, 4) is 6.07 Å². The number of amides is 4. The molecule has 3 N–H and O–H groups in total. The number of nitrogens with zero attached hydrogens (tertiary/aromatic N) is 10. The molecular formula is C58H83F3N13O13P. The molecule has 30 heteroatoms. The van der Waals surface area contributed by atoms with Gasteiger partial charge in [-0.25, -0.2) is 19.4 Å². The van der Waals surface area contributed by atoms with E-state index >= 15 is 0 Å². The molecule has 88 heavy (non-hydrogen) atoms. The second-order valence-electron chi connectivity index (χ2n) is 21.7. The minimum Gasteiger partial charge on any atom is -0.467 e. The number of likely N-dealkylation sites (tertiary alicyclic amines) is 1. The Morgan fingerprint density at radius 2 is 1.56 bits per heavy atom. The first-order chi connectivity index (χ1) is 42.0. The van der Waals surface area contributed by atoms with Crippen molar-refractivity contribution in [2.45, 2.75) is 175 Å². The van der Waals surface area contributed by atoms with Gasteiger partial charge in [-0.1, -0.05) is 26.0 Å². The number of H-pyrrole nitrogens is 1. The van der Waals surface area contributed by atoms with Crippen molar-refractivity contribution in [3.63, 3.8) is 0 Å². The van der Waals surface area contributed by atoms with E-state index in [2.05, 4.69) is 86.2 Å². The lowest BCUT2D eigenvalue weighted by molar-refractivity contribution is -0.170. The molecule has 3 aromatic heterocycles. The first kappa shape index (κ1) is 71.8. The third kappa shape index (κ3) is 23.2. The van der Waals surface area contributed by atoms with Gasteiger partial charge in [0.2, 0.25) is 17.8 Å². The summed E-state index contributed by atoms with van der Waals surface area (Å²) in [6, 6.07) is 5.81. The Kier molecular flexibility index (Phi) is 29.8. The predicted molar refractivity (Wildman–Crippen MR) is 317 cm³/mol. The number of aryl methyl sites for hydroxylation is 2. The number of ketones is 1. The lowest BCUT2D eigenvalue weighted by Crippen LogP contribution is -2.42. The van der Waals surface area contributed by atoms with Gasteiger partial charge < -0.3 is 38.2 Å². The lowest BCUT2D eigenvalue weighted by Gasteiger charge is -2.36. The smallest absolute Gasteiger partial charge is 0.467 e. The number of aromatic nitrogens is 7. The van der Waals surface area contributed by atoms with Crippen LogP contribution in [0, 0.1) is 17.2 Å². The maximum Gasteiger partial charge on any atom is 0.471 e. The zero-order valence-electron chi connectivity index (χ0n) is 51.3. The summed E-state index contributed by atoms with van der Waals surface area (Å²) < 4.78 is 80.0. The predicted octanol–water partition coefficient (Wildman–Crippen LogP) is 6.92. The average molecular weight is 1260 g/mol. The molecule has 1 fully saturated rings. The highest BCUT2D eigenvalue weighted by Gasteiger charge is 2.44. The van der Waals surface area contributed by atoms with Crippen molar-refractivity contribution in [1.82, 2.24) is 49.8 Å². The van der Waals surface area contributed by atoms with Crippen molar-refractivity contribution < 1.29 is 69.9 Å². The number of methoxy groups -OCH3 is 1. The number of carbonyl (C=O) groups is 6. The Morgan fingerprint density at radius 1 is 0.875 bits per heavy atom. The quantitative estimate of drug-likeness (QED) is 0.0232. The van der Waals surface area contributed by atoms with Crippen LogP contribution in [-0.4, -0.2) is 176 Å². The van der Waals surface area contributed by atoms with Crippen LogP contribution in [-0.2, 0) is 71.5 Å². The molecule has 4 heterocycles. The van der Waals surface area contributed by atoms with Gasteiger partial charge in [-0.05, 0) is 103 Å². The Bertz CT molecular complexity index is 2990. The van der Waals surface area contributed by atoms with Gasteiger partial charge >= 0.3 is 18.1 Å². The monoisotopic (exact) mass is 1260 g/mol. The molecule has 0 aliphatic carbocycles. The summed E-state index contributed by atoms with van der Waals surface area (Å²) in [5.74, 6) is -5.06. The number of esters is 1. The van der Waals surface area contributed by atoms with Crippen LogP contribution in [0.1, 0.15) is 141 Å². The number of benzene rings is 1. The molecule has 1 saturated heterocycles. The Hall–Kier alpha value is -6.93. The summed E-state index contributed by atoms with van der Waals surface area (Å²) in [6.07, 6.45) is 2.84. The molecule has 0 radical (unpaired) electrons. The number of fused-ring (bicyclic) bond motifs is 1. The fourth-order valence-electron chi connectivity index (χ4n) is 9.39. The summed E-state index contributed by atoms with van der Waals surface area (Å²) in [6.45, 7) is 16.8. The molecule has 2 unspecified atom stereocenters. The van der Waals surface area contributed by atoms with Gasteiger partial charge in [-0.2, -0.15) is 23.4 Å². The van der Waals surface area contributed by atoms with Crippen LogP contribution in [0.2, 0.25) is 0 Å². The normalized spacial score (nSPS) is 15.0. The van der Waals surface area contributed by atoms with Gasteiger partial charge in [-0.15, -0.1) is 5.10 Å². The van der Waals surface area contributed by atoms with E-state index in [0.717, 1.165) is 62.5 Å². The van der Waals surface area contributed by atoms with Gasteiger partial charge in [0, 0.05) is 87.1 Å². The summed E-state index contributed by atoms with van der Waals surface area (Å²) >= 11 is 0. The Morgan fingerprint density at radius 3 is 2.19 bits per heavy atom. The third-order valence-corrected chi connectivity index (χ3v) is 16.1. The van der Waals surface area contributed by atoms with Gasteiger partial charge in [0.25, 0.3) is 20.0 Å². The summed E-state index contributed by atoms with van der Waals surface area (Å²) in [7, 11) is -0.281. The topological polar surface area (TPSA) is 318 Å². The van der Waals surface area contributed by atoms with E-state index in [1.165, 1.54) is 0 Å². The number of aromatic amines is 1. The van der Waals surface area contributed by atoms with Gasteiger partial charge in [-0.3, -0.25) is 48.6 Å². The number of unbranched alkanes of at least 4 members (excludes halogenated alkanes) is 1. The van der Waals surface area contributed by atoms with E-state index < -0.39 is 62.5 Å². The number of halogens is 3. The number of hydrogen-bond acceptors (Lipinski definition) is 20. The fraction of sp³-hybridized carbons (Fsp3) is 0.638. The number of anilines is 2. The number of Topliss-reactive ketones (excluding diaryl/α,β-unsaturated/α-hetero) is 1. The molecule has 0 bridgehead atoms. The minimum absolute atomic E-state index is 0.0635. The molecule has 1 aliphatic rings. The summed E-state index contributed by atoms with van der Waals surface area (Å²) in [5.41, 5.74) is -1.21. The number of alkyl halides is 3. The molecule has 26 nitrogen and oxygen atoms in total. The highest BCUT2D eigenvalue weighted by atomic mass is 31.2. The zero-order chi connectivity index (χ0) is 64.3. The number of ether oxygens (including phenoxy) is 4. The summed E-state index contributed by atoms with van der Waals surface area (Å²) in [5, 5.41) is 22.5. The van der Waals surface area contributed by atoms with Crippen LogP contribution >= 0.6 is 8.53 Å². The average Bonchev–Trinajstić information content (AvgIpc) is 1.34. The summed E-state index contributed by atoms with van der Waals surface area (Å²) in [4.78, 5) is 106. The first-order valence-corrected chi connectivity index (χ1v) is 30.8. The molecular weight excluding hydrogens is 1170 g/mol. The molecule has 1 aliphatic heterocycles. The second-order valence-corrected chi connectivity index (χ2v) is 23.2. The van der Waals surface area contributed by atoms with Gasteiger partial charge in [0.05, 0.1) is 82.9 Å². The van der Waals surface area contributed by atoms with Crippen molar-refractivity contribution >= 4 is 66.7 Å². The number of nitrogens with one attached hydrogen (secondary N) is 3. The molecule has 4 atom stereocenters. The van der Waals surface area contributed by atoms with Crippen molar-refractivity contribution in [3.05, 3.63) is 64.0 Å². The van der Waals surface area contributed by atoms with E-state index in [-0.39, 0.29) is 95.7 Å². The molecule has 4 amide bonds. The van der Waals surface area contributed by atoms with E-state index in [4.69, 9.17) is 33.3 Å². The molecule has 484 valence electrons. The van der Waals surface area contributed by atoms with E-state index in [0.29, 0.717) is 96.3 Å². The highest BCUT2D eigenvalue weighted by Crippen LogP contribution is 2.48. The first-order valence-electron chi connectivity index (χ1n) is 29.7. The SMILES string of the molecule is CCC1C[C@@H](OP(OCCC#N)N(C(C)C)C(C)C)CN1C(=O)CCCc1cn(CCCOCCOCCOCCCCC(=O)CC[C@H](NC(=O)c2ccc(N(Cc3cnc4nc(NC(=O)C(C)C)[nH]c(=O)c4n3)C(=O)C(F)(F)F)cc2)C(=O)OC)nn1. The number of nitriles is 1. The lowest BCUT2D eigenvalue weighted by atomic mass is 10.0. The van der Waals surface area contributed by atoms with Crippen molar-refractivity contribution in [2.75, 3.05) is 70.1 Å². The molecule has 4 aromatic rings.